The lowest BCUT2D eigenvalue weighted by atomic mass is 10.1. The molecule has 0 spiro atoms. The summed E-state index contributed by atoms with van der Waals surface area (Å²) in [6.45, 7) is 4.81. The van der Waals surface area contributed by atoms with Crippen LogP contribution in [0.4, 0.5) is 5.69 Å². The van der Waals surface area contributed by atoms with Gasteiger partial charge in [-0.2, -0.15) is 4.57 Å². The number of anilines is 1. The predicted molar refractivity (Wildman–Crippen MR) is 115 cm³/mol. The van der Waals surface area contributed by atoms with E-state index in [4.69, 9.17) is 0 Å². The number of hydrogen-bond acceptors (Lipinski definition) is 2. The highest BCUT2D eigenvalue weighted by atomic mass is 16.2. The van der Waals surface area contributed by atoms with Crippen LogP contribution in [0.1, 0.15) is 41.3 Å². The molecule has 3 aromatic rings. The van der Waals surface area contributed by atoms with Gasteiger partial charge in [-0.05, 0) is 18.9 Å². The van der Waals surface area contributed by atoms with Crippen molar-refractivity contribution in [2.24, 2.45) is 0 Å². The monoisotopic (exact) mass is 387 g/mol. The molecule has 0 aliphatic heterocycles. The second-order valence-electron chi connectivity index (χ2n) is 7.23. The van der Waals surface area contributed by atoms with Gasteiger partial charge < -0.3 is 4.90 Å². The Labute approximate surface area is 172 Å². The molecule has 1 heterocycles. The number of Topliss-reactive ketones (excluding diaryl/α,β-unsaturated/α-hetero) is 1. The van der Waals surface area contributed by atoms with Crippen LogP contribution in [0.5, 0.6) is 0 Å². The van der Waals surface area contributed by atoms with Gasteiger partial charge >= 0.3 is 0 Å². The van der Waals surface area contributed by atoms with Crippen molar-refractivity contribution in [2.45, 2.75) is 39.8 Å². The molecule has 0 atom stereocenters. The zero-order chi connectivity index (χ0) is 20.6. The minimum Gasteiger partial charge on any atom is -0.308 e. The van der Waals surface area contributed by atoms with E-state index in [9.17, 15) is 9.59 Å². The number of carbonyl (C=O) groups excluding carboxylic acids is 2. The van der Waals surface area contributed by atoms with Crippen LogP contribution in [0.15, 0.2) is 79.1 Å². The SMILES string of the molecule is CCCC(=O)N(Cc1ccccc1)c1cc[n+](CC(=O)c2ccc(C)cc2)cc1. The Bertz CT molecular complexity index is 948. The van der Waals surface area contributed by atoms with Crippen LogP contribution >= 0.6 is 0 Å². The van der Waals surface area contributed by atoms with Crippen LogP contribution < -0.4 is 9.47 Å². The van der Waals surface area contributed by atoms with Crippen molar-refractivity contribution in [3.05, 3.63) is 95.8 Å². The normalized spacial score (nSPS) is 10.6. The molecular weight excluding hydrogens is 360 g/mol. The summed E-state index contributed by atoms with van der Waals surface area (Å²) in [4.78, 5) is 27.0. The third-order valence-corrected chi connectivity index (χ3v) is 4.83. The summed E-state index contributed by atoms with van der Waals surface area (Å²) in [6, 6.07) is 21.4. The lowest BCUT2D eigenvalue weighted by molar-refractivity contribution is -0.683. The number of benzene rings is 2. The largest absolute Gasteiger partial charge is 0.308 e. The number of pyridine rings is 1. The number of nitrogens with zero attached hydrogens (tertiary/aromatic N) is 2. The molecule has 0 bridgehead atoms. The van der Waals surface area contributed by atoms with Gasteiger partial charge in [0.2, 0.25) is 18.2 Å². The van der Waals surface area contributed by atoms with Crippen molar-refractivity contribution in [1.82, 2.24) is 0 Å². The van der Waals surface area contributed by atoms with Gasteiger partial charge in [0.1, 0.15) is 0 Å². The van der Waals surface area contributed by atoms with E-state index in [-0.39, 0.29) is 18.2 Å². The van der Waals surface area contributed by atoms with Crippen molar-refractivity contribution < 1.29 is 14.2 Å². The summed E-state index contributed by atoms with van der Waals surface area (Å²) in [7, 11) is 0. The summed E-state index contributed by atoms with van der Waals surface area (Å²) < 4.78 is 1.84. The minimum absolute atomic E-state index is 0.0611. The minimum atomic E-state index is 0.0611. The van der Waals surface area contributed by atoms with Gasteiger partial charge in [0.05, 0.1) is 12.2 Å². The molecule has 0 saturated heterocycles. The Morgan fingerprint density at radius 3 is 2.17 bits per heavy atom. The molecule has 2 aromatic carbocycles. The summed E-state index contributed by atoms with van der Waals surface area (Å²) in [6.07, 6.45) is 5.03. The molecule has 0 aliphatic carbocycles. The van der Waals surface area contributed by atoms with E-state index in [1.165, 1.54) is 0 Å². The molecule has 29 heavy (non-hydrogen) atoms. The molecule has 4 heteroatoms. The zero-order valence-electron chi connectivity index (χ0n) is 17.0. The number of hydrogen-bond donors (Lipinski definition) is 0. The second kappa shape index (κ2) is 9.78. The average molecular weight is 388 g/mol. The van der Waals surface area contributed by atoms with E-state index < -0.39 is 0 Å². The van der Waals surface area contributed by atoms with Crippen molar-refractivity contribution >= 4 is 17.4 Å². The first kappa shape index (κ1) is 20.5. The lowest BCUT2D eigenvalue weighted by Gasteiger charge is -2.22. The van der Waals surface area contributed by atoms with Gasteiger partial charge in [0.25, 0.3) is 0 Å². The fraction of sp³-hybridized carbons (Fsp3) is 0.240. The number of amides is 1. The number of carbonyl (C=O) groups is 2. The summed E-state index contributed by atoms with van der Waals surface area (Å²) >= 11 is 0. The zero-order valence-corrected chi connectivity index (χ0v) is 17.0. The van der Waals surface area contributed by atoms with Gasteiger partial charge in [-0.25, -0.2) is 0 Å². The molecule has 1 aromatic heterocycles. The number of aryl methyl sites for hydroxylation is 1. The molecule has 1 amide bonds. The number of ketones is 1. The highest BCUT2D eigenvalue weighted by molar-refractivity contribution is 5.95. The molecule has 0 radical (unpaired) electrons. The fourth-order valence-electron chi connectivity index (χ4n) is 3.17. The van der Waals surface area contributed by atoms with Crippen LogP contribution in [-0.4, -0.2) is 11.7 Å². The molecule has 0 saturated carbocycles. The molecular formula is C25H27N2O2+. The maximum atomic E-state index is 12.7. The Kier molecular flexibility index (Phi) is 6.90. The van der Waals surface area contributed by atoms with Crippen molar-refractivity contribution in [1.29, 1.82) is 0 Å². The van der Waals surface area contributed by atoms with Crippen LogP contribution in [0.2, 0.25) is 0 Å². The standard InChI is InChI=1S/C25H27N2O2/c1-3-7-25(29)27(18-21-8-5-4-6-9-21)23-14-16-26(17-15-23)19-24(28)22-12-10-20(2)11-13-22/h4-6,8-17H,3,7,18-19H2,1-2H3/q+1. The molecule has 0 N–H and O–H groups in total. The smallest absolute Gasteiger partial charge is 0.227 e. The van der Waals surface area contributed by atoms with Crippen LogP contribution in [0.25, 0.3) is 0 Å². The predicted octanol–water partition coefficient (Wildman–Crippen LogP) is 4.50. The Morgan fingerprint density at radius 1 is 0.897 bits per heavy atom. The van der Waals surface area contributed by atoms with Crippen LogP contribution in [0, 0.1) is 6.92 Å². The van der Waals surface area contributed by atoms with E-state index in [1.807, 2.05) is 102 Å². The fourth-order valence-corrected chi connectivity index (χ4v) is 3.17. The molecule has 148 valence electrons. The molecule has 4 nitrogen and oxygen atoms in total. The third-order valence-electron chi connectivity index (χ3n) is 4.83. The molecule has 0 unspecified atom stereocenters. The Morgan fingerprint density at radius 2 is 1.55 bits per heavy atom. The summed E-state index contributed by atoms with van der Waals surface area (Å²) in [5.74, 6) is 0.163. The molecule has 0 aliphatic rings. The molecule has 3 rings (SSSR count). The topological polar surface area (TPSA) is 41.3 Å². The van der Waals surface area contributed by atoms with Crippen molar-refractivity contribution in [3.63, 3.8) is 0 Å². The summed E-state index contributed by atoms with van der Waals surface area (Å²) in [5, 5.41) is 0. The van der Waals surface area contributed by atoms with Crippen molar-refractivity contribution in [2.75, 3.05) is 4.90 Å². The first-order chi connectivity index (χ1) is 14.1. The maximum Gasteiger partial charge on any atom is 0.227 e. The first-order valence-electron chi connectivity index (χ1n) is 10.00. The maximum absolute atomic E-state index is 12.7. The highest BCUT2D eigenvalue weighted by Crippen LogP contribution is 2.18. The van der Waals surface area contributed by atoms with E-state index in [2.05, 4.69) is 0 Å². The quantitative estimate of drug-likeness (QED) is 0.422. The van der Waals surface area contributed by atoms with Gasteiger partial charge in [-0.3, -0.25) is 9.59 Å². The summed E-state index contributed by atoms with van der Waals surface area (Å²) in [5.41, 5.74) is 3.76. The Hall–Kier alpha value is -3.27. The average Bonchev–Trinajstić information content (AvgIpc) is 2.74. The van der Waals surface area contributed by atoms with Crippen LogP contribution in [-0.2, 0) is 17.9 Å². The van der Waals surface area contributed by atoms with Crippen LogP contribution in [0.3, 0.4) is 0 Å². The van der Waals surface area contributed by atoms with Gasteiger partial charge in [-0.1, -0.05) is 67.1 Å². The van der Waals surface area contributed by atoms with Gasteiger partial charge in [-0.15, -0.1) is 0 Å². The highest BCUT2D eigenvalue weighted by Gasteiger charge is 2.18. The van der Waals surface area contributed by atoms with Gasteiger partial charge in [0, 0.05) is 24.1 Å². The van der Waals surface area contributed by atoms with E-state index >= 15 is 0 Å². The second-order valence-corrected chi connectivity index (χ2v) is 7.23. The lowest BCUT2D eigenvalue weighted by Crippen LogP contribution is -2.38. The number of rotatable bonds is 8. The third kappa shape index (κ3) is 5.61. The van der Waals surface area contributed by atoms with Gasteiger partial charge in [0.15, 0.2) is 12.4 Å². The Balaban J connectivity index is 1.75. The first-order valence-corrected chi connectivity index (χ1v) is 10.00. The number of aromatic nitrogens is 1. The molecule has 0 fully saturated rings. The van der Waals surface area contributed by atoms with E-state index in [0.717, 1.165) is 23.2 Å². The van der Waals surface area contributed by atoms with E-state index in [0.29, 0.717) is 18.5 Å². The van der Waals surface area contributed by atoms with Crippen molar-refractivity contribution in [3.8, 4) is 0 Å². The van der Waals surface area contributed by atoms with E-state index in [1.54, 1.807) is 0 Å².